The molecule has 1 unspecified atom stereocenters. The normalized spacial score (nSPS) is 19.8. The SMILES string of the molecule is CSc1ccc(N2CCC(CNC(C)C)C2)cc1. The molecule has 3 heteroatoms. The van der Waals surface area contributed by atoms with Crippen molar-refractivity contribution in [1.82, 2.24) is 5.32 Å². The van der Waals surface area contributed by atoms with E-state index in [0.29, 0.717) is 6.04 Å². The molecule has 100 valence electrons. The van der Waals surface area contributed by atoms with Crippen LogP contribution in [0.2, 0.25) is 0 Å². The quantitative estimate of drug-likeness (QED) is 0.822. The van der Waals surface area contributed by atoms with Gasteiger partial charge in [-0.2, -0.15) is 0 Å². The maximum absolute atomic E-state index is 3.55. The van der Waals surface area contributed by atoms with Crippen molar-refractivity contribution >= 4 is 17.4 Å². The fourth-order valence-corrected chi connectivity index (χ4v) is 2.84. The van der Waals surface area contributed by atoms with Crippen molar-refractivity contribution in [2.24, 2.45) is 5.92 Å². The standard InChI is InChI=1S/C15H24N2S/c1-12(2)16-10-13-8-9-17(11-13)14-4-6-15(18-3)7-5-14/h4-7,12-13,16H,8-11H2,1-3H3. The second-order valence-corrected chi connectivity index (χ2v) is 6.24. The third kappa shape index (κ3) is 3.66. The number of thioether (sulfide) groups is 1. The van der Waals surface area contributed by atoms with E-state index in [-0.39, 0.29) is 0 Å². The summed E-state index contributed by atoms with van der Waals surface area (Å²) in [5, 5.41) is 3.55. The van der Waals surface area contributed by atoms with E-state index in [2.05, 4.69) is 54.6 Å². The summed E-state index contributed by atoms with van der Waals surface area (Å²) in [5.41, 5.74) is 1.37. The molecule has 0 aromatic heterocycles. The number of hydrogen-bond donors (Lipinski definition) is 1. The van der Waals surface area contributed by atoms with Gasteiger partial charge in [-0.05, 0) is 49.4 Å². The van der Waals surface area contributed by atoms with Crippen LogP contribution in [0.4, 0.5) is 5.69 Å². The number of anilines is 1. The molecular weight excluding hydrogens is 240 g/mol. The molecule has 1 aliphatic heterocycles. The Labute approximate surface area is 115 Å². The van der Waals surface area contributed by atoms with Crippen molar-refractivity contribution < 1.29 is 0 Å². The molecule has 0 saturated carbocycles. The van der Waals surface area contributed by atoms with E-state index in [1.807, 2.05) is 0 Å². The first-order valence-electron chi connectivity index (χ1n) is 6.81. The Morgan fingerprint density at radius 3 is 2.67 bits per heavy atom. The molecule has 1 heterocycles. The van der Waals surface area contributed by atoms with Crippen molar-refractivity contribution in [2.45, 2.75) is 31.2 Å². The molecule has 0 amide bonds. The number of hydrogen-bond acceptors (Lipinski definition) is 3. The summed E-state index contributed by atoms with van der Waals surface area (Å²) in [6, 6.07) is 9.55. The van der Waals surface area contributed by atoms with Gasteiger partial charge >= 0.3 is 0 Å². The molecule has 1 aliphatic rings. The molecule has 1 aromatic carbocycles. The highest BCUT2D eigenvalue weighted by molar-refractivity contribution is 7.98. The molecule has 1 N–H and O–H groups in total. The van der Waals surface area contributed by atoms with E-state index < -0.39 is 0 Å². The van der Waals surface area contributed by atoms with Crippen LogP contribution >= 0.6 is 11.8 Å². The lowest BCUT2D eigenvalue weighted by atomic mass is 10.1. The van der Waals surface area contributed by atoms with Crippen LogP contribution in [0.25, 0.3) is 0 Å². The van der Waals surface area contributed by atoms with Gasteiger partial charge in [0.25, 0.3) is 0 Å². The van der Waals surface area contributed by atoms with Crippen molar-refractivity contribution in [1.29, 1.82) is 0 Å². The largest absolute Gasteiger partial charge is 0.371 e. The zero-order valence-electron chi connectivity index (χ0n) is 11.6. The summed E-state index contributed by atoms with van der Waals surface area (Å²) >= 11 is 1.80. The second kappa shape index (κ2) is 6.48. The van der Waals surface area contributed by atoms with E-state index in [4.69, 9.17) is 0 Å². The first kappa shape index (κ1) is 13.8. The van der Waals surface area contributed by atoms with Crippen LogP contribution in [-0.4, -0.2) is 31.9 Å². The van der Waals surface area contributed by atoms with E-state index in [1.165, 1.54) is 30.1 Å². The highest BCUT2D eigenvalue weighted by Gasteiger charge is 2.22. The van der Waals surface area contributed by atoms with Crippen LogP contribution in [-0.2, 0) is 0 Å². The molecule has 0 spiro atoms. The predicted octanol–water partition coefficient (Wildman–Crippen LogP) is 3.23. The van der Waals surface area contributed by atoms with E-state index in [1.54, 1.807) is 11.8 Å². The summed E-state index contributed by atoms with van der Waals surface area (Å²) in [7, 11) is 0. The number of nitrogens with zero attached hydrogens (tertiary/aromatic N) is 1. The molecule has 1 atom stereocenters. The summed E-state index contributed by atoms with van der Waals surface area (Å²) < 4.78 is 0. The highest BCUT2D eigenvalue weighted by Crippen LogP contribution is 2.25. The molecular formula is C15H24N2S. The van der Waals surface area contributed by atoms with Crippen LogP contribution < -0.4 is 10.2 Å². The molecule has 0 aliphatic carbocycles. The molecule has 1 aromatic rings. The minimum atomic E-state index is 0.597. The van der Waals surface area contributed by atoms with Gasteiger partial charge in [0.15, 0.2) is 0 Å². The van der Waals surface area contributed by atoms with Gasteiger partial charge in [0.2, 0.25) is 0 Å². The van der Waals surface area contributed by atoms with Gasteiger partial charge in [0.05, 0.1) is 0 Å². The fourth-order valence-electron chi connectivity index (χ4n) is 2.43. The Morgan fingerprint density at radius 2 is 2.06 bits per heavy atom. The van der Waals surface area contributed by atoms with Gasteiger partial charge in [0.1, 0.15) is 0 Å². The Bertz CT molecular complexity index is 361. The molecule has 2 rings (SSSR count). The maximum Gasteiger partial charge on any atom is 0.0367 e. The summed E-state index contributed by atoms with van der Waals surface area (Å²) in [6.45, 7) is 7.97. The number of nitrogens with one attached hydrogen (secondary N) is 1. The molecule has 1 saturated heterocycles. The minimum Gasteiger partial charge on any atom is -0.371 e. The van der Waals surface area contributed by atoms with E-state index in [0.717, 1.165) is 12.5 Å². The number of benzene rings is 1. The van der Waals surface area contributed by atoms with E-state index in [9.17, 15) is 0 Å². The average Bonchev–Trinajstić information content (AvgIpc) is 2.85. The Balaban J connectivity index is 1.87. The first-order valence-corrected chi connectivity index (χ1v) is 8.04. The first-order chi connectivity index (χ1) is 8.69. The maximum atomic E-state index is 3.55. The van der Waals surface area contributed by atoms with Gasteiger partial charge in [0, 0.05) is 29.7 Å². The summed E-state index contributed by atoms with van der Waals surface area (Å²) in [6.07, 6.45) is 3.43. The zero-order valence-corrected chi connectivity index (χ0v) is 12.5. The Kier molecular flexibility index (Phi) is 4.95. The van der Waals surface area contributed by atoms with Crippen molar-refractivity contribution in [3.63, 3.8) is 0 Å². The molecule has 1 fully saturated rings. The average molecular weight is 264 g/mol. The molecule has 18 heavy (non-hydrogen) atoms. The van der Waals surface area contributed by atoms with Gasteiger partial charge in [-0.3, -0.25) is 0 Å². The fraction of sp³-hybridized carbons (Fsp3) is 0.600. The van der Waals surface area contributed by atoms with Crippen molar-refractivity contribution in [3.05, 3.63) is 24.3 Å². The smallest absolute Gasteiger partial charge is 0.0367 e. The Morgan fingerprint density at radius 1 is 1.33 bits per heavy atom. The van der Waals surface area contributed by atoms with E-state index >= 15 is 0 Å². The van der Waals surface area contributed by atoms with Crippen molar-refractivity contribution in [2.75, 3.05) is 30.8 Å². The third-order valence-electron chi connectivity index (χ3n) is 3.54. The second-order valence-electron chi connectivity index (χ2n) is 5.36. The monoisotopic (exact) mass is 264 g/mol. The minimum absolute atomic E-state index is 0.597. The van der Waals surface area contributed by atoms with Crippen LogP contribution in [0.15, 0.2) is 29.2 Å². The van der Waals surface area contributed by atoms with Gasteiger partial charge < -0.3 is 10.2 Å². The molecule has 0 radical (unpaired) electrons. The summed E-state index contributed by atoms with van der Waals surface area (Å²) in [5.74, 6) is 0.799. The van der Waals surface area contributed by atoms with Crippen LogP contribution in [0.5, 0.6) is 0 Å². The number of rotatable bonds is 5. The van der Waals surface area contributed by atoms with Crippen LogP contribution in [0, 0.1) is 5.92 Å². The lowest BCUT2D eigenvalue weighted by Gasteiger charge is -2.19. The van der Waals surface area contributed by atoms with Gasteiger partial charge in [-0.25, -0.2) is 0 Å². The topological polar surface area (TPSA) is 15.3 Å². The van der Waals surface area contributed by atoms with Gasteiger partial charge in [-0.1, -0.05) is 13.8 Å². The van der Waals surface area contributed by atoms with Gasteiger partial charge in [-0.15, -0.1) is 11.8 Å². The zero-order chi connectivity index (χ0) is 13.0. The third-order valence-corrected chi connectivity index (χ3v) is 4.28. The lowest BCUT2D eigenvalue weighted by Crippen LogP contribution is -2.30. The summed E-state index contributed by atoms with van der Waals surface area (Å²) in [4.78, 5) is 3.85. The van der Waals surface area contributed by atoms with Crippen molar-refractivity contribution in [3.8, 4) is 0 Å². The Hall–Kier alpha value is -0.670. The molecule has 2 nitrogen and oxygen atoms in total. The molecule has 0 bridgehead atoms. The lowest BCUT2D eigenvalue weighted by molar-refractivity contribution is 0.480. The predicted molar refractivity (Wildman–Crippen MR) is 81.7 cm³/mol. The van der Waals surface area contributed by atoms with Crippen LogP contribution in [0.3, 0.4) is 0 Å². The highest BCUT2D eigenvalue weighted by atomic mass is 32.2. The van der Waals surface area contributed by atoms with Crippen LogP contribution in [0.1, 0.15) is 20.3 Å².